The van der Waals surface area contributed by atoms with Gasteiger partial charge in [0.15, 0.2) is 5.65 Å². The van der Waals surface area contributed by atoms with Crippen molar-refractivity contribution < 1.29 is 4.79 Å². The molecule has 154 valence electrons. The molecule has 0 bridgehead atoms. The first-order valence-electron chi connectivity index (χ1n) is 9.74. The lowest BCUT2D eigenvalue weighted by molar-refractivity contribution is 0.102. The number of aryl methyl sites for hydroxylation is 3. The summed E-state index contributed by atoms with van der Waals surface area (Å²) in [6.45, 7) is 4.32. The van der Waals surface area contributed by atoms with E-state index in [0.29, 0.717) is 23.6 Å². The fourth-order valence-corrected chi connectivity index (χ4v) is 3.57. The summed E-state index contributed by atoms with van der Waals surface area (Å²) in [5.41, 5.74) is 5.05. The highest BCUT2D eigenvalue weighted by Crippen LogP contribution is 2.23. The summed E-state index contributed by atoms with van der Waals surface area (Å²) in [7, 11) is 5.86. The predicted molar refractivity (Wildman–Crippen MR) is 118 cm³/mol. The Hall–Kier alpha value is -3.68. The van der Waals surface area contributed by atoms with Crippen LogP contribution in [0.15, 0.2) is 42.6 Å². The van der Waals surface area contributed by atoms with Gasteiger partial charge >= 0.3 is 0 Å². The molecule has 0 saturated heterocycles. The number of hydrogen-bond donors (Lipinski definition) is 1. The van der Waals surface area contributed by atoms with Gasteiger partial charge in [0.1, 0.15) is 5.82 Å². The molecule has 1 aromatic carbocycles. The van der Waals surface area contributed by atoms with Gasteiger partial charge in [-0.15, -0.1) is 0 Å². The first-order chi connectivity index (χ1) is 14.3. The third-order valence-electron chi connectivity index (χ3n) is 5.08. The third kappa shape index (κ3) is 3.63. The summed E-state index contributed by atoms with van der Waals surface area (Å²) >= 11 is 0. The van der Waals surface area contributed by atoms with E-state index in [4.69, 9.17) is 0 Å². The van der Waals surface area contributed by atoms with Gasteiger partial charge in [-0.3, -0.25) is 9.48 Å². The molecule has 4 rings (SSSR count). The quantitative estimate of drug-likeness (QED) is 0.554. The second-order valence-corrected chi connectivity index (χ2v) is 7.61. The van der Waals surface area contributed by atoms with Crippen molar-refractivity contribution in [1.29, 1.82) is 0 Å². The lowest BCUT2D eigenvalue weighted by Gasteiger charge is -2.13. The van der Waals surface area contributed by atoms with Crippen LogP contribution >= 0.6 is 0 Å². The Kier molecular flexibility index (Phi) is 4.99. The van der Waals surface area contributed by atoms with Gasteiger partial charge in [-0.05, 0) is 37.6 Å². The van der Waals surface area contributed by atoms with Crippen molar-refractivity contribution in [3.63, 3.8) is 0 Å². The Balaban J connectivity index is 1.60. The van der Waals surface area contributed by atoms with E-state index in [-0.39, 0.29) is 5.91 Å². The van der Waals surface area contributed by atoms with Gasteiger partial charge in [0, 0.05) is 38.6 Å². The number of nitrogens with zero attached hydrogens (tertiary/aromatic N) is 6. The van der Waals surface area contributed by atoms with Crippen LogP contribution in [0.25, 0.3) is 11.0 Å². The van der Waals surface area contributed by atoms with E-state index in [9.17, 15) is 4.79 Å². The molecule has 0 atom stereocenters. The minimum absolute atomic E-state index is 0.202. The van der Waals surface area contributed by atoms with E-state index in [0.717, 1.165) is 28.0 Å². The van der Waals surface area contributed by atoms with Gasteiger partial charge in [0.2, 0.25) is 0 Å². The third-order valence-corrected chi connectivity index (χ3v) is 5.08. The first kappa shape index (κ1) is 19.6. The average molecular weight is 403 g/mol. The van der Waals surface area contributed by atoms with E-state index in [1.165, 1.54) is 0 Å². The van der Waals surface area contributed by atoms with E-state index in [2.05, 4.69) is 49.7 Å². The molecule has 30 heavy (non-hydrogen) atoms. The Morgan fingerprint density at radius 3 is 2.57 bits per heavy atom. The van der Waals surface area contributed by atoms with Crippen LogP contribution in [0, 0.1) is 13.8 Å². The van der Waals surface area contributed by atoms with E-state index in [1.807, 2.05) is 35.0 Å². The summed E-state index contributed by atoms with van der Waals surface area (Å²) in [6.07, 6.45) is 1.69. The highest BCUT2D eigenvalue weighted by atomic mass is 16.1. The van der Waals surface area contributed by atoms with Gasteiger partial charge in [0.05, 0.1) is 29.4 Å². The highest BCUT2D eigenvalue weighted by Gasteiger charge is 2.19. The summed E-state index contributed by atoms with van der Waals surface area (Å²) in [6, 6.07) is 11.9. The smallest absolute Gasteiger partial charge is 0.257 e. The standard InChI is InChI=1S/C22H25N7O/c1-14-12-18(20-15(2)26-28(5)21(20)24-14)22(30)25-19-10-11-23-29(19)13-16-6-8-17(9-7-16)27(3)4/h6-12H,13H2,1-5H3,(H,25,30). The fourth-order valence-electron chi connectivity index (χ4n) is 3.57. The molecule has 0 aliphatic rings. The zero-order valence-electron chi connectivity index (χ0n) is 17.8. The summed E-state index contributed by atoms with van der Waals surface area (Å²) < 4.78 is 3.49. The molecule has 0 radical (unpaired) electrons. The monoisotopic (exact) mass is 403 g/mol. The highest BCUT2D eigenvalue weighted by molar-refractivity contribution is 6.12. The number of nitrogens with one attached hydrogen (secondary N) is 1. The van der Waals surface area contributed by atoms with Crippen molar-refractivity contribution in [2.75, 3.05) is 24.3 Å². The predicted octanol–water partition coefficient (Wildman–Crippen LogP) is 3.15. The second kappa shape index (κ2) is 7.62. The van der Waals surface area contributed by atoms with Crippen LogP contribution in [0.5, 0.6) is 0 Å². The number of amides is 1. The van der Waals surface area contributed by atoms with Crippen molar-refractivity contribution in [3.8, 4) is 0 Å². The molecule has 0 spiro atoms. The van der Waals surface area contributed by atoms with Gasteiger partial charge < -0.3 is 10.2 Å². The Morgan fingerprint density at radius 1 is 1.13 bits per heavy atom. The molecule has 4 aromatic rings. The lowest BCUT2D eigenvalue weighted by Crippen LogP contribution is -2.17. The maximum absolute atomic E-state index is 13.1. The van der Waals surface area contributed by atoms with E-state index in [1.54, 1.807) is 27.7 Å². The van der Waals surface area contributed by atoms with Crippen molar-refractivity contribution >= 4 is 28.4 Å². The van der Waals surface area contributed by atoms with E-state index >= 15 is 0 Å². The number of benzene rings is 1. The van der Waals surface area contributed by atoms with Crippen LogP contribution in [0.3, 0.4) is 0 Å². The van der Waals surface area contributed by atoms with Crippen LogP contribution in [-0.4, -0.2) is 44.5 Å². The number of carbonyl (C=O) groups excluding carboxylic acids is 1. The van der Waals surface area contributed by atoms with Crippen molar-refractivity contribution in [3.05, 3.63) is 65.1 Å². The second-order valence-electron chi connectivity index (χ2n) is 7.61. The minimum Gasteiger partial charge on any atom is -0.378 e. The molecule has 3 aromatic heterocycles. The Bertz CT molecular complexity index is 1220. The molecule has 1 amide bonds. The van der Waals surface area contributed by atoms with Gasteiger partial charge in [-0.25, -0.2) is 9.67 Å². The molecular weight excluding hydrogens is 378 g/mol. The summed E-state index contributed by atoms with van der Waals surface area (Å²) in [5, 5.41) is 12.6. The first-order valence-corrected chi connectivity index (χ1v) is 9.74. The van der Waals surface area contributed by atoms with Crippen molar-refractivity contribution in [1.82, 2.24) is 24.5 Å². The number of hydrogen-bond acceptors (Lipinski definition) is 5. The molecule has 1 N–H and O–H groups in total. The van der Waals surface area contributed by atoms with Crippen molar-refractivity contribution in [2.24, 2.45) is 7.05 Å². The van der Waals surface area contributed by atoms with Crippen LogP contribution in [0.2, 0.25) is 0 Å². The molecular formula is C22H25N7O. The SMILES string of the molecule is Cc1cc(C(=O)Nc2ccnn2Cc2ccc(N(C)C)cc2)c2c(C)nn(C)c2n1. The topological polar surface area (TPSA) is 80.9 Å². The molecule has 0 aliphatic heterocycles. The Morgan fingerprint density at radius 2 is 1.87 bits per heavy atom. The largest absolute Gasteiger partial charge is 0.378 e. The van der Waals surface area contributed by atoms with Crippen LogP contribution in [-0.2, 0) is 13.6 Å². The van der Waals surface area contributed by atoms with Crippen LogP contribution in [0.4, 0.5) is 11.5 Å². The van der Waals surface area contributed by atoms with Gasteiger partial charge in [-0.1, -0.05) is 12.1 Å². The van der Waals surface area contributed by atoms with Gasteiger partial charge in [0.25, 0.3) is 5.91 Å². The normalized spacial score (nSPS) is 11.1. The number of fused-ring (bicyclic) bond motifs is 1. The number of carbonyl (C=O) groups is 1. The van der Waals surface area contributed by atoms with Crippen LogP contribution in [0.1, 0.15) is 27.3 Å². The zero-order valence-corrected chi connectivity index (χ0v) is 17.8. The average Bonchev–Trinajstić information content (AvgIpc) is 3.25. The van der Waals surface area contributed by atoms with E-state index < -0.39 is 0 Å². The maximum Gasteiger partial charge on any atom is 0.257 e. The van der Waals surface area contributed by atoms with Crippen LogP contribution < -0.4 is 10.2 Å². The number of anilines is 2. The molecule has 0 fully saturated rings. The maximum atomic E-state index is 13.1. The summed E-state index contributed by atoms with van der Waals surface area (Å²) in [5.74, 6) is 0.437. The molecule has 8 heteroatoms. The number of pyridine rings is 1. The lowest BCUT2D eigenvalue weighted by atomic mass is 10.1. The molecule has 0 aliphatic carbocycles. The van der Waals surface area contributed by atoms with Crippen molar-refractivity contribution in [2.45, 2.75) is 20.4 Å². The zero-order chi connectivity index (χ0) is 21.4. The fraction of sp³-hybridized carbons (Fsp3) is 0.273. The number of rotatable bonds is 5. The summed E-state index contributed by atoms with van der Waals surface area (Å²) in [4.78, 5) is 19.7. The van der Waals surface area contributed by atoms with Gasteiger partial charge in [-0.2, -0.15) is 10.2 Å². The molecule has 0 saturated carbocycles. The molecule has 8 nitrogen and oxygen atoms in total. The molecule has 0 unspecified atom stereocenters. The molecule has 3 heterocycles. The minimum atomic E-state index is -0.202. The number of aromatic nitrogens is 5. The Labute approximate surface area is 175 Å².